The van der Waals surface area contributed by atoms with Crippen LogP contribution in [0.5, 0.6) is 0 Å². The summed E-state index contributed by atoms with van der Waals surface area (Å²) in [5.74, 6) is -0.528. The number of thiophene rings is 1. The van der Waals surface area contributed by atoms with Crippen molar-refractivity contribution in [2.45, 2.75) is 28.0 Å². The van der Waals surface area contributed by atoms with Crippen LogP contribution in [0.25, 0.3) is 11.5 Å². The number of rotatable bonds is 7. The zero-order chi connectivity index (χ0) is 24.7. The quantitative estimate of drug-likeness (QED) is 0.477. The lowest BCUT2D eigenvalue weighted by Gasteiger charge is -2.21. The topological polar surface area (TPSA) is 143 Å². The van der Waals surface area contributed by atoms with Gasteiger partial charge in [0, 0.05) is 26.2 Å². The normalized spacial score (nSPS) is 17.4. The number of hydrogen-bond acceptors (Lipinski definition) is 9. The van der Waals surface area contributed by atoms with Crippen LogP contribution in [0.4, 0.5) is 6.01 Å². The Bertz CT molecular complexity index is 1420. The van der Waals surface area contributed by atoms with Gasteiger partial charge in [0.2, 0.25) is 21.8 Å². The van der Waals surface area contributed by atoms with Crippen molar-refractivity contribution in [1.82, 2.24) is 18.8 Å². The lowest BCUT2D eigenvalue weighted by molar-refractivity contribution is -0.119. The molecule has 1 N–H and O–H groups in total. The maximum absolute atomic E-state index is 12.9. The molecule has 2 aromatic heterocycles. The van der Waals surface area contributed by atoms with E-state index in [-0.39, 0.29) is 27.6 Å². The molecule has 1 atom stereocenters. The van der Waals surface area contributed by atoms with Crippen molar-refractivity contribution in [3.05, 3.63) is 40.7 Å². The largest absolute Gasteiger partial charge is 0.403 e. The molecule has 15 heteroatoms. The number of aromatic nitrogens is 2. The van der Waals surface area contributed by atoms with Gasteiger partial charge in [-0.25, -0.2) is 21.1 Å². The van der Waals surface area contributed by atoms with Crippen LogP contribution in [0.2, 0.25) is 4.34 Å². The van der Waals surface area contributed by atoms with Crippen LogP contribution >= 0.6 is 22.9 Å². The molecule has 3 aromatic rings. The molecule has 1 unspecified atom stereocenters. The highest BCUT2D eigenvalue weighted by Crippen LogP contribution is 2.32. The van der Waals surface area contributed by atoms with Crippen LogP contribution in [0.15, 0.2) is 49.9 Å². The smallest absolute Gasteiger partial charge is 0.322 e. The van der Waals surface area contributed by atoms with Crippen LogP contribution in [0, 0.1) is 0 Å². The van der Waals surface area contributed by atoms with Crippen molar-refractivity contribution in [1.29, 1.82) is 0 Å². The van der Waals surface area contributed by atoms with E-state index >= 15 is 0 Å². The summed E-state index contributed by atoms with van der Waals surface area (Å²) < 4.78 is 58.4. The van der Waals surface area contributed by atoms with E-state index in [1.165, 1.54) is 50.5 Å². The predicted molar refractivity (Wildman–Crippen MR) is 125 cm³/mol. The molecule has 1 aliphatic rings. The SMILES string of the molecule is CN(C)S(=O)(=O)c1ccc(-c2nnc(NC(=O)C3CCCN3S(=O)(=O)c3ccc(Cl)s3)o2)cc1. The van der Waals surface area contributed by atoms with E-state index < -0.39 is 32.0 Å². The number of nitrogens with one attached hydrogen (secondary N) is 1. The van der Waals surface area contributed by atoms with Crippen molar-refractivity contribution in [2.75, 3.05) is 26.0 Å². The average Bonchev–Trinajstić information content (AvgIpc) is 3.54. The van der Waals surface area contributed by atoms with Gasteiger partial charge in [0.15, 0.2) is 0 Å². The van der Waals surface area contributed by atoms with Gasteiger partial charge < -0.3 is 4.42 Å². The zero-order valence-electron chi connectivity index (χ0n) is 18.0. The summed E-state index contributed by atoms with van der Waals surface area (Å²) in [6.45, 7) is 0.202. The van der Waals surface area contributed by atoms with Crippen molar-refractivity contribution < 1.29 is 26.0 Å². The Morgan fingerprint density at radius 2 is 1.85 bits per heavy atom. The molecule has 4 rings (SSSR count). The summed E-state index contributed by atoms with van der Waals surface area (Å²) in [7, 11) is -4.59. The first-order valence-electron chi connectivity index (χ1n) is 9.94. The van der Waals surface area contributed by atoms with Gasteiger partial charge in [-0.3, -0.25) is 10.1 Å². The Kier molecular flexibility index (Phi) is 6.81. The van der Waals surface area contributed by atoms with E-state index in [9.17, 15) is 21.6 Å². The van der Waals surface area contributed by atoms with E-state index in [2.05, 4.69) is 15.5 Å². The van der Waals surface area contributed by atoms with Gasteiger partial charge in [0.05, 0.1) is 9.23 Å². The summed E-state index contributed by atoms with van der Waals surface area (Å²) in [5, 5.41) is 10.1. The summed E-state index contributed by atoms with van der Waals surface area (Å²) in [4.78, 5) is 12.9. The number of carbonyl (C=O) groups is 1. The molecular formula is C19H20ClN5O6S3. The first-order valence-corrected chi connectivity index (χ1v) is 14.0. The molecule has 0 radical (unpaired) electrons. The number of nitrogens with zero attached hydrogens (tertiary/aromatic N) is 4. The van der Waals surface area contributed by atoms with Gasteiger partial charge in [-0.2, -0.15) is 4.31 Å². The first-order chi connectivity index (χ1) is 16.0. The maximum atomic E-state index is 12.9. The third kappa shape index (κ3) is 4.74. The van der Waals surface area contributed by atoms with Gasteiger partial charge in [-0.15, -0.1) is 16.4 Å². The summed E-state index contributed by atoms with van der Waals surface area (Å²) in [6.07, 6.45) is 0.862. The molecule has 0 aliphatic carbocycles. The highest BCUT2D eigenvalue weighted by Gasteiger charge is 2.40. The summed E-state index contributed by atoms with van der Waals surface area (Å²) >= 11 is 6.80. The van der Waals surface area contributed by atoms with Gasteiger partial charge in [-0.1, -0.05) is 16.7 Å². The minimum absolute atomic E-state index is 0.0632. The fraction of sp³-hybridized carbons (Fsp3) is 0.316. The average molecular weight is 546 g/mol. The van der Waals surface area contributed by atoms with Crippen molar-refractivity contribution in [2.24, 2.45) is 0 Å². The highest BCUT2D eigenvalue weighted by molar-refractivity contribution is 7.91. The number of anilines is 1. The molecule has 34 heavy (non-hydrogen) atoms. The Morgan fingerprint density at radius 1 is 1.15 bits per heavy atom. The van der Waals surface area contributed by atoms with Crippen LogP contribution < -0.4 is 5.32 Å². The Labute approximate surface area is 205 Å². The van der Waals surface area contributed by atoms with Crippen molar-refractivity contribution in [3.8, 4) is 11.5 Å². The van der Waals surface area contributed by atoms with Gasteiger partial charge >= 0.3 is 6.01 Å². The number of amides is 1. The second-order valence-electron chi connectivity index (χ2n) is 7.55. The molecule has 0 bridgehead atoms. The van der Waals surface area contributed by atoms with Gasteiger partial charge in [0.25, 0.3) is 10.0 Å². The second-order valence-corrected chi connectivity index (χ2v) is 13.5. The molecule has 0 spiro atoms. The highest BCUT2D eigenvalue weighted by atomic mass is 35.5. The van der Waals surface area contributed by atoms with Gasteiger partial charge in [0.1, 0.15) is 10.3 Å². The molecule has 1 amide bonds. The van der Waals surface area contributed by atoms with E-state index in [1.54, 1.807) is 0 Å². The summed E-state index contributed by atoms with van der Waals surface area (Å²) in [5.41, 5.74) is 0.449. The predicted octanol–water partition coefficient (Wildman–Crippen LogP) is 2.49. The van der Waals surface area contributed by atoms with E-state index in [0.29, 0.717) is 22.7 Å². The van der Waals surface area contributed by atoms with Crippen LogP contribution in [0.3, 0.4) is 0 Å². The summed E-state index contributed by atoms with van der Waals surface area (Å²) in [6, 6.07) is 7.60. The fourth-order valence-electron chi connectivity index (χ4n) is 3.40. The lowest BCUT2D eigenvalue weighted by Crippen LogP contribution is -2.42. The number of benzene rings is 1. The minimum atomic E-state index is -3.88. The molecule has 11 nitrogen and oxygen atoms in total. The molecular weight excluding hydrogens is 526 g/mol. The Balaban J connectivity index is 1.48. The lowest BCUT2D eigenvalue weighted by atomic mass is 10.2. The number of hydrogen-bond donors (Lipinski definition) is 1. The van der Waals surface area contributed by atoms with E-state index in [4.69, 9.17) is 16.0 Å². The molecule has 1 aliphatic heterocycles. The fourth-order valence-corrected chi connectivity index (χ4v) is 7.57. The van der Waals surface area contributed by atoms with E-state index in [1.807, 2.05) is 0 Å². The molecule has 0 saturated carbocycles. The van der Waals surface area contributed by atoms with Crippen molar-refractivity contribution in [3.63, 3.8) is 0 Å². The molecule has 3 heterocycles. The number of carbonyl (C=O) groups excluding carboxylic acids is 1. The van der Waals surface area contributed by atoms with Crippen LogP contribution in [0.1, 0.15) is 12.8 Å². The monoisotopic (exact) mass is 545 g/mol. The van der Waals surface area contributed by atoms with E-state index in [0.717, 1.165) is 19.9 Å². The number of sulfonamides is 2. The molecule has 182 valence electrons. The maximum Gasteiger partial charge on any atom is 0.322 e. The molecule has 1 saturated heterocycles. The van der Waals surface area contributed by atoms with Crippen molar-refractivity contribution >= 4 is 54.9 Å². The Morgan fingerprint density at radius 3 is 2.47 bits per heavy atom. The van der Waals surface area contributed by atoms with Crippen LogP contribution in [-0.2, 0) is 24.8 Å². The first kappa shape index (κ1) is 24.8. The second kappa shape index (κ2) is 9.36. The standard InChI is InChI=1S/C19H20ClN5O6S3/c1-24(2)33(27,28)13-7-5-12(6-8-13)18-22-23-19(31-18)21-17(26)14-4-3-11-25(14)34(29,30)16-10-9-15(20)32-16/h5-10,14H,3-4,11H2,1-2H3,(H,21,23,26). The third-order valence-corrected chi connectivity index (χ3v) is 10.6. The minimum Gasteiger partial charge on any atom is -0.403 e. The van der Waals surface area contributed by atoms with Gasteiger partial charge in [-0.05, 0) is 49.2 Å². The van der Waals surface area contributed by atoms with Crippen LogP contribution in [-0.4, -0.2) is 68.2 Å². The third-order valence-electron chi connectivity index (χ3n) is 5.15. The molecule has 1 fully saturated rings. The molecule has 1 aromatic carbocycles. The number of halogens is 1. The Hall–Kier alpha value is -2.36. The zero-order valence-corrected chi connectivity index (χ0v) is 21.2.